The van der Waals surface area contributed by atoms with Crippen molar-refractivity contribution >= 4 is 6.03 Å². The summed E-state index contributed by atoms with van der Waals surface area (Å²) in [5.74, 6) is 0. The second kappa shape index (κ2) is 5.83. The number of piperidine rings is 1. The van der Waals surface area contributed by atoms with Gasteiger partial charge in [0.1, 0.15) is 0 Å². The Morgan fingerprint density at radius 2 is 2.05 bits per heavy atom. The Bertz CT molecular complexity index is 456. The number of urea groups is 1. The summed E-state index contributed by atoms with van der Waals surface area (Å²) in [7, 11) is 0. The predicted molar refractivity (Wildman–Crippen MR) is 79.6 cm³/mol. The topological polar surface area (TPSA) is 35.6 Å². The van der Waals surface area contributed by atoms with Crippen LogP contribution < -0.4 is 5.32 Å². The van der Waals surface area contributed by atoms with Crippen LogP contribution in [0.2, 0.25) is 0 Å². The van der Waals surface area contributed by atoms with E-state index in [1.165, 1.54) is 12.0 Å². The van der Waals surface area contributed by atoms with E-state index in [1.54, 1.807) is 0 Å². The first-order valence-corrected chi connectivity index (χ1v) is 7.60. The van der Waals surface area contributed by atoms with Crippen molar-refractivity contribution in [2.45, 2.75) is 31.8 Å². The molecular weight excluding hydrogens is 250 g/mol. The van der Waals surface area contributed by atoms with Crippen LogP contribution >= 0.6 is 0 Å². The van der Waals surface area contributed by atoms with Crippen molar-refractivity contribution in [2.24, 2.45) is 0 Å². The van der Waals surface area contributed by atoms with Gasteiger partial charge < -0.3 is 15.1 Å². The largest absolute Gasteiger partial charge is 0.320 e. The van der Waals surface area contributed by atoms with E-state index in [9.17, 15) is 4.79 Å². The summed E-state index contributed by atoms with van der Waals surface area (Å²) < 4.78 is 0. The van der Waals surface area contributed by atoms with Crippen LogP contribution in [0.15, 0.2) is 30.3 Å². The number of carbonyl (C=O) groups excluding carboxylic acids is 1. The predicted octanol–water partition coefficient (Wildman–Crippen LogP) is 2.24. The monoisotopic (exact) mass is 273 g/mol. The minimum absolute atomic E-state index is 0.158. The summed E-state index contributed by atoms with van der Waals surface area (Å²) in [4.78, 5) is 16.7. The molecule has 0 spiro atoms. The molecule has 2 saturated heterocycles. The van der Waals surface area contributed by atoms with E-state index < -0.39 is 0 Å². The summed E-state index contributed by atoms with van der Waals surface area (Å²) in [5.41, 5.74) is 1.21. The molecule has 0 bridgehead atoms. The third kappa shape index (κ3) is 2.52. The number of hydrogen-bond donors (Lipinski definition) is 1. The molecule has 0 aromatic heterocycles. The number of benzene rings is 1. The molecule has 0 radical (unpaired) electrons. The third-order valence-electron chi connectivity index (χ3n) is 4.53. The number of hydrogen-bond acceptors (Lipinski definition) is 2. The summed E-state index contributed by atoms with van der Waals surface area (Å²) in [6.45, 7) is 5.85. The Kier molecular flexibility index (Phi) is 3.92. The lowest BCUT2D eigenvalue weighted by molar-refractivity contribution is 0.159. The van der Waals surface area contributed by atoms with Crippen molar-refractivity contribution in [2.75, 3.05) is 26.2 Å². The molecule has 2 unspecified atom stereocenters. The van der Waals surface area contributed by atoms with Crippen molar-refractivity contribution in [3.8, 4) is 0 Å². The van der Waals surface area contributed by atoms with Gasteiger partial charge in [-0.25, -0.2) is 4.79 Å². The average Bonchev–Trinajstić information content (AvgIpc) is 2.90. The van der Waals surface area contributed by atoms with Gasteiger partial charge >= 0.3 is 6.03 Å². The zero-order chi connectivity index (χ0) is 13.9. The van der Waals surface area contributed by atoms with E-state index in [0.29, 0.717) is 6.04 Å². The SMILES string of the molecule is CC(c1ccccc1)N1CCN(C2CCCNC2)C1=O. The quantitative estimate of drug-likeness (QED) is 0.916. The highest BCUT2D eigenvalue weighted by atomic mass is 16.2. The van der Waals surface area contributed by atoms with Gasteiger partial charge in [0, 0.05) is 25.7 Å². The van der Waals surface area contributed by atoms with E-state index in [0.717, 1.165) is 32.6 Å². The van der Waals surface area contributed by atoms with Crippen LogP contribution in [0.25, 0.3) is 0 Å². The molecule has 108 valence electrons. The van der Waals surface area contributed by atoms with Crippen LogP contribution in [-0.2, 0) is 0 Å². The van der Waals surface area contributed by atoms with Crippen LogP contribution in [0, 0.1) is 0 Å². The summed E-state index contributed by atoms with van der Waals surface area (Å²) >= 11 is 0. The van der Waals surface area contributed by atoms with Crippen molar-refractivity contribution in [3.05, 3.63) is 35.9 Å². The molecule has 2 aliphatic heterocycles. The number of nitrogens with one attached hydrogen (secondary N) is 1. The van der Waals surface area contributed by atoms with Gasteiger partial charge in [0.05, 0.1) is 6.04 Å². The lowest BCUT2D eigenvalue weighted by Gasteiger charge is -2.32. The Morgan fingerprint density at radius 1 is 1.25 bits per heavy atom. The average molecular weight is 273 g/mol. The van der Waals surface area contributed by atoms with Crippen LogP contribution in [0.5, 0.6) is 0 Å². The molecule has 1 aromatic carbocycles. The van der Waals surface area contributed by atoms with Crippen molar-refractivity contribution in [1.29, 1.82) is 0 Å². The lowest BCUT2D eigenvalue weighted by Crippen LogP contribution is -2.47. The first-order chi connectivity index (χ1) is 9.77. The number of nitrogens with zero attached hydrogens (tertiary/aromatic N) is 2. The Labute approximate surface area is 120 Å². The van der Waals surface area contributed by atoms with Crippen LogP contribution in [0.4, 0.5) is 4.79 Å². The Morgan fingerprint density at radius 3 is 2.75 bits per heavy atom. The van der Waals surface area contributed by atoms with Gasteiger partial charge in [0.2, 0.25) is 0 Å². The van der Waals surface area contributed by atoms with E-state index in [2.05, 4.69) is 29.3 Å². The zero-order valence-electron chi connectivity index (χ0n) is 12.1. The molecule has 2 heterocycles. The van der Waals surface area contributed by atoms with Gasteiger partial charge in [-0.05, 0) is 31.9 Å². The molecule has 4 heteroatoms. The summed E-state index contributed by atoms with van der Waals surface area (Å²) in [5, 5.41) is 3.40. The molecule has 1 aromatic rings. The number of carbonyl (C=O) groups is 1. The van der Waals surface area contributed by atoms with Gasteiger partial charge in [-0.15, -0.1) is 0 Å². The Balaban J connectivity index is 1.69. The molecule has 2 atom stereocenters. The standard InChI is InChI=1S/C16H23N3O/c1-13(14-6-3-2-4-7-14)18-10-11-19(16(18)20)15-8-5-9-17-12-15/h2-4,6-7,13,15,17H,5,8-12H2,1H3. The smallest absolute Gasteiger partial charge is 0.319 e. The van der Waals surface area contributed by atoms with Crippen molar-refractivity contribution < 1.29 is 4.79 Å². The third-order valence-corrected chi connectivity index (χ3v) is 4.53. The highest BCUT2D eigenvalue weighted by Crippen LogP contribution is 2.26. The van der Waals surface area contributed by atoms with Gasteiger partial charge in [0.25, 0.3) is 0 Å². The van der Waals surface area contributed by atoms with Gasteiger partial charge in [-0.1, -0.05) is 30.3 Å². The van der Waals surface area contributed by atoms with E-state index >= 15 is 0 Å². The first-order valence-electron chi connectivity index (χ1n) is 7.60. The summed E-state index contributed by atoms with van der Waals surface area (Å²) in [6.07, 6.45) is 2.30. The van der Waals surface area contributed by atoms with Crippen LogP contribution in [0.3, 0.4) is 0 Å². The summed E-state index contributed by atoms with van der Waals surface area (Å²) in [6, 6.07) is 11.0. The van der Waals surface area contributed by atoms with E-state index in [1.807, 2.05) is 23.1 Å². The maximum Gasteiger partial charge on any atom is 0.320 e. The highest BCUT2D eigenvalue weighted by molar-refractivity contribution is 5.77. The molecule has 2 aliphatic rings. The molecule has 20 heavy (non-hydrogen) atoms. The van der Waals surface area contributed by atoms with E-state index in [-0.39, 0.29) is 12.1 Å². The van der Waals surface area contributed by atoms with Crippen LogP contribution in [0.1, 0.15) is 31.4 Å². The van der Waals surface area contributed by atoms with Crippen molar-refractivity contribution in [1.82, 2.24) is 15.1 Å². The van der Waals surface area contributed by atoms with Gasteiger partial charge in [-0.3, -0.25) is 0 Å². The molecule has 2 fully saturated rings. The maximum atomic E-state index is 12.6. The second-order valence-electron chi connectivity index (χ2n) is 5.76. The molecular formula is C16H23N3O. The normalized spacial score (nSPS) is 25.1. The van der Waals surface area contributed by atoms with E-state index in [4.69, 9.17) is 0 Å². The molecule has 1 N–H and O–H groups in total. The van der Waals surface area contributed by atoms with Crippen molar-refractivity contribution in [3.63, 3.8) is 0 Å². The fraction of sp³-hybridized carbons (Fsp3) is 0.562. The fourth-order valence-corrected chi connectivity index (χ4v) is 3.28. The maximum absolute atomic E-state index is 12.6. The molecule has 0 saturated carbocycles. The lowest BCUT2D eigenvalue weighted by atomic mass is 10.1. The van der Waals surface area contributed by atoms with Crippen LogP contribution in [-0.4, -0.2) is 48.1 Å². The van der Waals surface area contributed by atoms with Gasteiger partial charge in [0.15, 0.2) is 0 Å². The first kappa shape index (κ1) is 13.4. The number of amides is 2. The fourth-order valence-electron chi connectivity index (χ4n) is 3.28. The highest BCUT2D eigenvalue weighted by Gasteiger charge is 2.36. The molecule has 3 rings (SSSR count). The molecule has 2 amide bonds. The molecule has 4 nitrogen and oxygen atoms in total. The Hall–Kier alpha value is -1.55. The number of rotatable bonds is 3. The minimum Gasteiger partial charge on any atom is -0.319 e. The minimum atomic E-state index is 0.158. The second-order valence-corrected chi connectivity index (χ2v) is 5.76. The van der Waals surface area contributed by atoms with Gasteiger partial charge in [-0.2, -0.15) is 0 Å². The zero-order valence-corrected chi connectivity index (χ0v) is 12.1. The molecule has 0 aliphatic carbocycles.